The van der Waals surface area contributed by atoms with Crippen molar-refractivity contribution in [2.75, 3.05) is 26.9 Å². The van der Waals surface area contributed by atoms with Crippen molar-refractivity contribution < 1.29 is 23.7 Å². The van der Waals surface area contributed by atoms with Crippen LogP contribution in [0, 0.1) is 0 Å². The first-order valence-corrected chi connectivity index (χ1v) is 9.52. The first-order chi connectivity index (χ1) is 13.5. The van der Waals surface area contributed by atoms with Crippen LogP contribution in [0.1, 0.15) is 19.4 Å². The molecule has 8 nitrogen and oxygen atoms in total. The molecule has 0 bridgehead atoms. The average molecular weight is 411 g/mol. The Morgan fingerprint density at radius 1 is 1.18 bits per heavy atom. The molecule has 0 N–H and O–H groups in total. The van der Waals surface area contributed by atoms with E-state index in [0.29, 0.717) is 49.1 Å². The highest BCUT2D eigenvalue weighted by molar-refractivity contribution is 6.31. The Labute approximate surface area is 167 Å². The second-order valence-electron chi connectivity index (χ2n) is 6.12. The van der Waals surface area contributed by atoms with Crippen molar-refractivity contribution in [3.05, 3.63) is 33.1 Å². The summed E-state index contributed by atoms with van der Waals surface area (Å²) in [5, 5.41) is 0.500. The molecule has 9 heteroatoms. The van der Waals surface area contributed by atoms with Crippen molar-refractivity contribution in [3.63, 3.8) is 0 Å². The molecule has 0 unspecified atom stereocenters. The molecule has 0 spiro atoms. The molecule has 28 heavy (non-hydrogen) atoms. The first kappa shape index (κ1) is 20.3. The van der Waals surface area contributed by atoms with Gasteiger partial charge in [-0.1, -0.05) is 18.5 Å². The number of aryl methyl sites for hydroxylation is 1. The van der Waals surface area contributed by atoms with Crippen LogP contribution in [0.4, 0.5) is 4.79 Å². The zero-order valence-corrected chi connectivity index (χ0v) is 16.9. The maximum absolute atomic E-state index is 13.3. The molecule has 0 fully saturated rings. The quantitative estimate of drug-likeness (QED) is 0.704. The summed E-state index contributed by atoms with van der Waals surface area (Å²) in [6.45, 7) is 5.28. The molecule has 3 rings (SSSR count). The van der Waals surface area contributed by atoms with Crippen LogP contribution in [-0.2, 0) is 29.0 Å². The lowest BCUT2D eigenvalue weighted by Gasteiger charge is -2.15. The number of nitrogens with zero attached hydrogens (tertiary/aromatic N) is 2. The van der Waals surface area contributed by atoms with Crippen LogP contribution in [0.25, 0.3) is 11.1 Å². The van der Waals surface area contributed by atoms with Gasteiger partial charge in [0.2, 0.25) is 5.88 Å². The summed E-state index contributed by atoms with van der Waals surface area (Å²) < 4.78 is 24.5. The van der Waals surface area contributed by atoms with E-state index in [0.717, 1.165) is 5.56 Å². The highest BCUT2D eigenvalue weighted by Crippen LogP contribution is 2.40. The maximum atomic E-state index is 13.3. The summed E-state index contributed by atoms with van der Waals surface area (Å²) in [6, 6.07) is 3.42. The highest BCUT2D eigenvalue weighted by atomic mass is 35.5. The predicted octanol–water partition coefficient (Wildman–Crippen LogP) is 3.11. The van der Waals surface area contributed by atoms with Gasteiger partial charge in [0.1, 0.15) is 11.3 Å². The Morgan fingerprint density at radius 3 is 2.54 bits per heavy atom. The number of carbonyl (C=O) groups excluding carboxylic acids is 1. The molecule has 2 aromatic rings. The minimum absolute atomic E-state index is 0.115. The van der Waals surface area contributed by atoms with Crippen LogP contribution in [0.15, 0.2) is 16.9 Å². The normalized spacial score (nSPS) is 13.6. The average Bonchev–Trinajstić information content (AvgIpc) is 2.84. The summed E-state index contributed by atoms with van der Waals surface area (Å²) >= 11 is 6.20. The lowest BCUT2D eigenvalue weighted by atomic mass is 9.98. The SMILES string of the molecule is CCOC(=O)Oc1c(-c2c(CC)cc(Cl)cc2OC)c(=O)n2n1CCOCC2. The standard InChI is InChI=1S/C19H23ClN2O6/c1-4-12-10-13(20)11-14(25-3)15(12)16-17(23)21-6-8-26-9-7-22(21)18(16)28-19(24)27-5-2/h10-11H,4-9H2,1-3H3. The fraction of sp³-hybridized carbons (Fsp3) is 0.474. The van der Waals surface area contributed by atoms with Crippen molar-refractivity contribution in [3.8, 4) is 22.8 Å². The van der Waals surface area contributed by atoms with Crippen molar-refractivity contribution in [1.82, 2.24) is 9.36 Å². The van der Waals surface area contributed by atoms with Gasteiger partial charge in [-0.25, -0.2) is 14.2 Å². The number of fused-ring (bicyclic) bond motifs is 1. The summed E-state index contributed by atoms with van der Waals surface area (Å²) in [7, 11) is 1.51. The fourth-order valence-electron chi connectivity index (χ4n) is 3.32. The molecule has 1 aliphatic rings. The van der Waals surface area contributed by atoms with Crippen molar-refractivity contribution in [2.24, 2.45) is 0 Å². The van der Waals surface area contributed by atoms with Crippen LogP contribution in [0.2, 0.25) is 5.02 Å². The van der Waals surface area contributed by atoms with E-state index in [1.807, 2.05) is 6.92 Å². The van der Waals surface area contributed by atoms with Crippen LogP contribution >= 0.6 is 11.6 Å². The van der Waals surface area contributed by atoms with E-state index in [1.54, 1.807) is 23.7 Å². The number of hydrogen-bond acceptors (Lipinski definition) is 6. The Balaban J connectivity index is 2.29. The number of methoxy groups -OCH3 is 1. The van der Waals surface area contributed by atoms with Crippen LogP contribution in [-0.4, -0.2) is 42.4 Å². The molecule has 0 amide bonds. The van der Waals surface area contributed by atoms with Crippen molar-refractivity contribution >= 4 is 17.8 Å². The predicted molar refractivity (Wildman–Crippen MR) is 104 cm³/mol. The molecule has 0 saturated carbocycles. The monoisotopic (exact) mass is 410 g/mol. The second-order valence-corrected chi connectivity index (χ2v) is 6.56. The molecule has 0 radical (unpaired) electrons. The van der Waals surface area contributed by atoms with Gasteiger partial charge in [0.05, 0.1) is 40.0 Å². The molecular formula is C19H23ClN2O6. The van der Waals surface area contributed by atoms with Crippen LogP contribution in [0.5, 0.6) is 11.6 Å². The van der Waals surface area contributed by atoms with E-state index in [-0.39, 0.29) is 23.6 Å². The molecule has 1 aromatic carbocycles. The van der Waals surface area contributed by atoms with Gasteiger partial charge in [0, 0.05) is 10.6 Å². The summed E-state index contributed by atoms with van der Waals surface area (Å²) in [4.78, 5) is 25.4. The van der Waals surface area contributed by atoms with Gasteiger partial charge >= 0.3 is 6.16 Å². The van der Waals surface area contributed by atoms with E-state index >= 15 is 0 Å². The largest absolute Gasteiger partial charge is 0.515 e. The Bertz CT molecular complexity index is 908. The summed E-state index contributed by atoms with van der Waals surface area (Å²) in [5.41, 5.74) is 1.33. The number of rotatable bonds is 5. The Morgan fingerprint density at radius 2 is 1.89 bits per heavy atom. The summed E-state index contributed by atoms with van der Waals surface area (Å²) in [6.07, 6.45) is -0.264. The van der Waals surface area contributed by atoms with E-state index in [9.17, 15) is 9.59 Å². The molecule has 1 aromatic heterocycles. The summed E-state index contributed by atoms with van der Waals surface area (Å²) in [5.74, 6) is 0.553. The molecule has 2 heterocycles. The number of benzene rings is 1. The lowest BCUT2D eigenvalue weighted by molar-refractivity contribution is 0.0990. The molecule has 0 aliphatic carbocycles. The fourth-order valence-corrected chi connectivity index (χ4v) is 3.55. The van der Waals surface area contributed by atoms with E-state index in [1.165, 1.54) is 11.8 Å². The topological polar surface area (TPSA) is 80.9 Å². The molecule has 0 saturated heterocycles. The van der Waals surface area contributed by atoms with E-state index in [4.69, 9.17) is 30.5 Å². The van der Waals surface area contributed by atoms with Gasteiger partial charge in [0.25, 0.3) is 5.56 Å². The minimum atomic E-state index is -0.874. The van der Waals surface area contributed by atoms with Gasteiger partial charge in [-0.15, -0.1) is 0 Å². The smallest absolute Gasteiger partial charge is 0.496 e. The Hall–Kier alpha value is -2.45. The lowest BCUT2D eigenvalue weighted by Crippen LogP contribution is -2.24. The number of ether oxygens (including phenoxy) is 4. The minimum Gasteiger partial charge on any atom is -0.496 e. The molecule has 0 atom stereocenters. The van der Waals surface area contributed by atoms with Gasteiger partial charge in [-0.05, 0) is 31.0 Å². The third-order valence-electron chi connectivity index (χ3n) is 4.52. The van der Waals surface area contributed by atoms with Gasteiger partial charge < -0.3 is 18.9 Å². The molecule has 1 aliphatic heterocycles. The van der Waals surface area contributed by atoms with Crippen LogP contribution in [0.3, 0.4) is 0 Å². The zero-order chi connectivity index (χ0) is 20.3. The van der Waals surface area contributed by atoms with E-state index in [2.05, 4.69) is 0 Å². The Kier molecular flexibility index (Phi) is 6.31. The number of halogens is 1. The number of hydrogen-bond donors (Lipinski definition) is 0. The van der Waals surface area contributed by atoms with Crippen molar-refractivity contribution in [2.45, 2.75) is 33.4 Å². The second kappa shape index (κ2) is 8.70. The van der Waals surface area contributed by atoms with E-state index < -0.39 is 6.16 Å². The zero-order valence-electron chi connectivity index (χ0n) is 16.1. The van der Waals surface area contributed by atoms with Crippen LogP contribution < -0.4 is 15.0 Å². The first-order valence-electron chi connectivity index (χ1n) is 9.14. The third kappa shape index (κ3) is 3.74. The van der Waals surface area contributed by atoms with Gasteiger partial charge in [-0.3, -0.25) is 4.79 Å². The third-order valence-corrected chi connectivity index (χ3v) is 4.74. The van der Waals surface area contributed by atoms with Gasteiger partial charge in [-0.2, -0.15) is 0 Å². The number of carbonyl (C=O) groups is 1. The highest BCUT2D eigenvalue weighted by Gasteiger charge is 2.30. The molecule has 152 valence electrons. The maximum Gasteiger partial charge on any atom is 0.515 e. The van der Waals surface area contributed by atoms with Crippen molar-refractivity contribution in [1.29, 1.82) is 0 Å². The van der Waals surface area contributed by atoms with Gasteiger partial charge in [0.15, 0.2) is 0 Å². The molecular weight excluding hydrogens is 388 g/mol. The number of aromatic nitrogens is 2.